The third-order valence-electron chi connectivity index (χ3n) is 2.75. The fourth-order valence-corrected chi connectivity index (χ4v) is 1.82. The number of hydrogen-bond acceptors (Lipinski definition) is 5. The Morgan fingerprint density at radius 3 is 2.19 bits per heavy atom. The van der Waals surface area contributed by atoms with Crippen LogP contribution >= 0.6 is 11.6 Å². The van der Waals surface area contributed by atoms with E-state index >= 15 is 0 Å². The second-order valence-electron chi connectivity index (χ2n) is 4.15. The van der Waals surface area contributed by atoms with Crippen LogP contribution in [0.2, 0.25) is 5.02 Å². The minimum absolute atomic E-state index is 0.0391. The van der Waals surface area contributed by atoms with Gasteiger partial charge in [0, 0.05) is 10.6 Å². The average Bonchev–Trinajstić information content (AvgIpc) is 2.50. The van der Waals surface area contributed by atoms with Crippen molar-refractivity contribution in [3.05, 3.63) is 47.0 Å². The predicted molar refractivity (Wildman–Crippen MR) is 83.9 cm³/mol. The highest BCUT2D eigenvalue weighted by Gasteiger charge is 2.10. The van der Waals surface area contributed by atoms with Crippen LogP contribution in [0.3, 0.4) is 0 Å². The molecule has 21 heavy (non-hydrogen) atoms. The van der Waals surface area contributed by atoms with E-state index in [1.165, 1.54) is 14.2 Å². The van der Waals surface area contributed by atoms with E-state index < -0.39 is 0 Å². The van der Waals surface area contributed by atoms with E-state index in [0.29, 0.717) is 16.5 Å². The molecule has 0 saturated carbocycles. The molecule has 0 atom stereocenters. The molecule has 5 nitrogen and oxygen atoms in total. The summed E-state index contributed by atoms with van der Waals surface area (Å²) in [6.45, 7) is 0. The van der Waals surface area contributed by atoms with Gasteiger partial charge in [0.25, 0.3) is 0 Å². The highest BCUT2D eigenvalue weighted by atomic mass is 35.5. The maximum absolute atomic E-state index is 9.82. The number of methoxy groups -OCH3 is 2. The van der Waals surface area contributed by atoms with Crippen molar-refractivity contribution in [2.24, 2.45) is 5.10 Å². The van der Waals surface area contributed by atoms with Gasteiger partial charge in [0.15, 0.2) is 11.5 Å². The van der Waals surface area contributed by atoms with Crippen molar-refractivity contribution in [1.29, 1.82) is 0 Å². The van der Waals surface area contributed by atoms with Gasteiger partial charge in [-0.05, 0) is 36.4 Å². The van der Waals surface area contributed by atoms with E-state index in [1.807, 2.05) is 12.1 Å². The highest BCUT2D eigenvalue weighted by Crippen LogP contribution is 2.36. The van der Waals surface area contributed by atoms with E-state index in [4.69, 9.17) is 21.1 Å². The maximum atomic E-state index is 9.82. The summed E-state index contributed by atoms with van der Waals surface area (Å²) in [6, 6.07) is 10.5. The number of aromatic hydroxyl groups is 1. The molecule has 2 aromatic carbocycles. The predicted octanol–water partition coefficient (Wildman–Crippen LogP) is 3.51. The molecule has 0 radical (unpaired) electrons. The zero-order valence-corrected chi connectivity index (χ0v) is 12.4. The van der Waals surface area contributed by atoms with E-state index in [0.717, 1.165) is 11.3 Å². The number of hydrazone groups is 1. The van der Waals surface area contributed by atoms with Gasteiger partial charge in [0.05, 0.1) is 26.1 Å². The summed E-state index contributed by atoms with van der Waals surface area (Å²) < 4.78 is 10.2. The number of ether oxygens (including phenoxy) is 2. The summed E-state index contributed by atoms with van der Waals surface area (Å²) in [5.41, 5.74) is 4.41. The summed E-state index contributed by atoms with van der Waals surface area (Å²) in [7, 11) is 2.95. The van der Waals surface area contributed by atoms with Crippen molar-refractivity contribution in [2.45, 2.75) is 0 Å². The Morgan fingerprint density at radius 1 is 1.10 bits per heavy atom. The number of nitrogens with one attached hydrogen (secondary N) is 1. The zero-order valence-electron chi connectivity index (χ0n) is 11.6. The number of halogens is 1. The Bertz CT molecular complexity index is 617. The Labute approximate surface area is 127 Å². The summed E-state index contributed by atoms with van der Waals surface area (Å²) in [4.78, 5) is 0. The van der Waals surface area contributed by atoms with Gasteiger partial charge < -0.3 is 14.6 Å². The number of benzene rings is 2. The molecular formula is C15H15ClN2O3. The minimum atomic E-state index is -0.0391. The van der Waals surface area contributed by atoms with Gasteiger partial charge >= 0.3 is 0 Å². The van der Waals surface area contributed by atoms with Crippen molar-refractivity contribution in [2.75, 3.05) is 19.6 Å². The molecule has 2 N–H and O–H groups in total. The number of phenols is 1. The third-order valence-corrected chi connectivity index (χ3v) is 3.01. The Kier molecular flexibility index (Phi) is 4.90. The first-order chi connectivity index (χ1) is 10.1. The number of rotatable bonds is 5. The molecule has 0 saturated heterocycles. The standard InChI is InChI=1S/C15H15ClN2O3/c1-20-13-7-10(8-14(21-2)15(13)19)9-17-18-12-5-3-11(16)4-6-12/h3-9,18-19H,1-2H3/b17-9+. The van der Waals surface area contributed by atoms with Crippen molar-refractivity contribution in [3.63, 3.8) is 0 Å². The number of nitrogens with zero attached hydrogens (tertiary/aromatic N) is 1. The molecule has 110 valence electrons. The molecule has 0 spiro atoms. The van der Waals surface area contributed by atoms with E-state index in [1.54, 1.807) is 30.5 Å². The molecule has 0 unspecified atom stereocenters. The van der Waals surface area contributed by atoms with E-state index in [2.05, 4.69) is 10.5 Å². The Morgan fingerprint density at radius 2 is 1.67 bits per heavy atom. The molecule has 0 fully saturated rings. The summed E-state index contributed by atoms with van der Waals surface area (Å²) in [6.07, 6.45) is 1.60. The van der Waals surface area contributed by atoms with Crippen LogP contribution in [0.25, 0.3) is 0 Å². The van der Waals surface area contributed by atoms with Gasteiger partial charge in [-0.25, -0.2) is 0 Å². The van der Waals surface area contributed by atoms with Crippen LogP contribution in [0.1, 0.15) is 5.56 Å². The van der Waals surface area contributed by atoms with Crippen molar-refractivity contribution >= 4 is 23.5 Å². The van der Waals surface area contributed by atoms with Crippen LogP contribution in [0, 0.1) is 0 Å². The Balaban J connectivity index is 2.15. The molecule has 0 aliphatic rings. The Hall–Kier alpha value is -2.40. The van der Waals surface area contributed by atoms with Gasteiger partial charge in [0.2, 0.25) is 5.75 Å². The van der Waals surface area contributed by atoms with Gasteiger partial charge in [-0.15, -0.1) is 0 Å². The number of phenolic OH excluding ortho intramolecular Hbond substituents is 1. The number of anilines is 1. The van der Waals surface area contributed by atoms with Gasteiger partial charge in [-0.2, -0.15) is 5.10 Å². The summed E-state index contributed by atoms with van der Waals surface area (Å²) in [5, 5.41) is 14.6. The minimum Gasteiger partial charge on any atom is -0.502 e. The highest BCUT2D eigenvalue weighted by molar-refractivity contribution is 6.30. The lowest BCUT2D eigenvalue weighted by molar-refractivity contribution is 0.340. The maximum Gasteiger partial charge on any atom is 0.200 e. The van der Waals surface area contributed by atoms with Crippen molar-refractivity contribution in [1.82, 2.24) is 0 Å². The van der Waals surface area contributed by atoms with Crippen LogP contribution in [0.15, 0.2) is 41.5 Å². The zero-order chi connectivity index (χ0) is 15.2. The quantitative estimate of drug-likeness (QED) is 0.655. The van der Waals surface area contributed by atoms with Crippen molar-refractivity contribution in [3.8, 4) is 17.2 Å². The third kappa shape index (κ3) is 3.79. The first-order valence-corrected chi connectivity index (χ1v) is 6.51. The lowest BCUT2D eigenvalue weighted by Gasteiger charge is -2.09. The van der Waals surface area contributed by atoms with Crippen molar-refractivity contribution < 1.29 is 14.6 Å². The van der Waals surface area contributed by atoms with E-state index in [9.17, 15) is 5.11 Å². The van der Waals surface area contributed by atoms with Gasteiger partial charge in [-0.1, -0.05) is 11.6 Å². The lowest BCUT2D eigenvalue weighted by atomic mass is 10.2. The molecule has 0 heterocycles. The van der Waals surface area contributed by atoms with Crippen LogP contribution in [-0.2, 0) is 0 Å². The molecule has 6 heteroatoms. The molecular weight excluding hydrogens is 292 g/mol. The molecule has 2 rings (SSSR count). The fraction of sp³-hybridized carbons (Fsp3) is 0.133. The van der Waals surface area contributed by atoms with Crippen LogP contribution in [0.5, 0.6) is 17.2 Å². The molecule has 0 bridgehead atoms. The number of hydrogen-bond donors (Lipinski definition) is 2. The molecule has 0 aliphatic carbocycles. The van der Waals surface area contributed by atoms with Crippen LogP contribution in [-0.4, -0.2) is 25.5 Å². The van der Waals surface area contributed by atoms with Gasteiger partial charge in [-0.3, -0.25) is 5.43 Å². The smallest absolute Gasteiger partial charge is 0.200 e. The SMILES string of the molecule is COc1cc(/C=N/Nc2ccc(Cl)cc2)cc(OC)c1O. The summed E-state index contributed by atoms with van der Waals surface area (Å²) in [5.74, 6) is 0.604. The second kappa shape index (κ2) is 6.85. The summed E-state index contributed by atoms with van der Waals surface area (Å²) >= 11 is 5.81. The lowest BCUT2D eigenvalue weighted by Crippen LogP contribution is -1.94. The monoisotopic (exact) mass is 306 g/mol. The first kappa shape index (κ1) is 15.0. The average molecular weight is 307 g/mol. The molecule has 0 aliphatic heterocycles. The first-order valence-electron chi connectivity index (χ1n) is 6.13. The van der Waals surface area contributed by atoms with Crippen LogP contribution < -0.4 is 14.9 Å². The second-order valence-corrected chi connectivity index (χ2v) is 4.59. The normalized spacial score (nSPS) is 10.6. The molecule has 2 aromatic rings. The van der Waals surface area contributed by atoms with Gasteiger partial charge in [0.1, 0.15) is 0 Å². The molecule has 0 amide bonds. The van der Waals surface area contributed by atoms with Crippen LogP contribution in [0.4, 0.5) is 5.69 Å². The topological polar surface area (TPSA) is 63.1 Å². The largest absolute Gasteiger partial charge is 0.502 e. The van der Waals surface area contributed by atoms with E-state index in [-0.39, 0.29) is 5.75 Å². The molecule has 0 aromatic heterocycles. The fourth-order valence-electron chi connectivity index (χ4n) is 1.69.